The van der Waals surface area contributed by atoms with Crippen molar-refractivity contribution in [1.29, 1.82) is 0 Å². The van der Waals surface area contributed by atoms with Gasteiger partial charge < -0.3 is 9.80 Å². The molecule has 1 aliphatic carbocycles. The first-order valence-corrected chi connectivity index (χ1v) is 9.86. The highest BCUT2D eigenvalue weighted by Crippen LogP contribution is 2.38. The van der Waals surface area contributed by atoms with Gasteiger partial charge in [-0.2, -0.15) is 0 Å². The van der Waals surface area contributed by atoms with E-state index in [4.69, 9.17) is 11.6 Å². The largest absolute Gasteiger partial charge is 0.342 e. The zero-order chi connectivity index (χ0) is 17.4. The van der Waals surface area contributed by atoms with Crippen LogP contribution in [-0.2, 0) is 9.59 Å². The number of amides is 2. The molecule has 4 nitrogen and oxygen atoms in total. The zero-order valence-corrected chi connectivity index (χ0v) is 15.3. The summed E-state index contributed by atoms with van der Waals surface area (Å²) in [6, 6.07) is 7.96. The summed E-state index contributed by atoms with van der Waals surface area (Å²) in [7, 11) is 0. The van der Waals surface area contributed by atoms with Gasteiger partial charge in [0, 0.05) is 36.5 Å². The van der Waals surface area contributed by atoms with E-state index < -0.39 is 0 Å². The maximum Gasteiger partial charge on any atom is 0.226 e. The molecule has 2 aliphatic heterocycles. The lowest BCUT2D eigenvalue weighted by Crippen LogP contribution is -2.44. The molecule has 25 heavy (non-hydrogen) atoms. The van der Waals surface area contributed by atoms with Gasteiger partial charge >= 0.3 is 0 Å². The lowest BCUT2D eigenvalue weighted by atomic mass is 9.94. The fraction of sp³-hybridized carbons (Fsp3) is 0.600. The Morgan fingerprint density at radius 2 is 1.56 bits per heavy atom. The Morgan fingerprint density at radius 1 is 0.880 bits per heavy atom. The Hall–Kier alpha value is -1.55. The summed E-state index contributed by atoms with van der Waals surface area (Å²) in [5.41, 5.74) is 1.07. The van der Waals surface area contributed by atoms with Crippen LogP contribution < -0.4 is 0 Å². The Bertz CT molecular complexity index is 665. The van der Waals surface area contributed by atoms with Gasteiger partial charge in [-0.15, -0.1) is 0 Å². The van der Waals surface area contributed by atoms with Crippen molar-refractivity contribution in [3.63, 3.8) is 0 Å². The summed E-state index contributed by atoms with van der Waals surface area (Å²) in [4.78, 5) is 29.3. The maximum atomic E-state index is 13.1. The van der Waals surface area contributed by atoms with E-state index in [1.807, 2.05) is 34.1 Å². The highest BCUT2D eigenvalue weighted by molar-refractivity contribution is 6.31. The van der Waals surface area contributed by atoms with Crippen molar-refractivity contribution < 1.29 is 9.59 Å². The minimum Gasteiger partial charge on any atom is -0.342 e. The van der Waals surface area contributed by atoms with E-state index in [2.05, 4.69) is 0 Å². The van der Waals surface area contributed by atoms with Crippen LogP contribution in [0.3, 0.4) is 0 Å². The molecule has 4 rings (SSSR count). The third-order valence-corrected chi connectivity index (χ3v) is 6.23. The molecule has 1 saturated carbocycles. The van der Waals surface area contributed by atoms with Crippen LogP contribution >= 0.6 is 11.6 Å². The number of benzene rings is 1. The molecule has 1 atom stereocenters. The predicted molar refractivity (Wildman–Crippen MR) is 97.2 cm³/mol. The van der Waals surface area contributed by atoms with Crippen molar-refractivity contribution in [3.8, 4) is 0 Å². The second-order valence-electron chi connectivity index (χ2n) is 7.59. The fourth-order valence-electron chi connectivity index (χ4n) is 4.27. The third-order valence-electron chi connectivity index (χ3n) is 5.88. The number of likely N-dealkylation sites (tertiary alicyclic amines) is 2. The third kappa shape index (κ3) is 3.41. The molecular weight excluding hydrogens is 336 g/mol. The van der Waals surface area contributed by atoms with Gasteiger partial charge in [-0.3, -0.25) is 9.59 Å². The molecule has 2 amide bonds. The molecule has 0 radical (unpaired) electrons. The van der Waals surface area contributed by atoms with Crippen molar-refractivity contribution in [2.24, 2.45) is 11.8 Å². The lowest BCUT2D eigenvalue weighted by Gasteiger charge is -2.35. The smallest absolute Gasteiger partial charge is 0.226 e. The van der Waals surface area contributed by atoms with Crippen molar-refractivity contribution in [2.75, 3.05) is 19.6 Å². The van der Waals surface area contributed by atoms with Crippen LogP contribution in [0.25, 0.3) is 0 Å². The average molecular weight is 361 g/mol. The molecule has 2 saturated heterocycles. The number of hydrogen-bond acceptors (Lipinski definition) is 2. The van der Waals surface area contributed by atoms with E-state index in [1.54, 1.807) is 0 Å². The molecule has 1 aromatic carbocycles. The number of halogens is 1. The van der Waals surface area contributed by atoms with Gasteiger partial charge in [-0.1, -0.05) is 29.8 Å². The van der Waals surface area contributed by atoms with E-state index in [1.165, 1.54) is 0 Å². The first-order valence-electron chi connectivity index (χ1n) is 9.49. The molecule has 1 aromatic rings. The Balaban J connectivity index is 1.40. The second-order valence-corrected chi connectivity index (χ2v) is 7.99. The monoisotopic (exact) mass is 360 g/mol. The normalized spacial score (nSPS) is 24.6. The van der Waals surface area contributed by atoms with Crippen molar-refractivity contribution in [2.45, 2.75) is 44.6 Å². The number of piperidine rings is 1. The van der Waals surface area contributed by atoms with Gasteiger partial charge in [0.2, 0.25) is 11.8 Å². The van der Waals surface area contributed by atoms with Crippen LogP contribution in [0.1, 0.15) is 50.1 Å². The van der Waals surface area contributed by atoms with Crippen LogP contribution in [0.2, 0.25) is 5.02 Å². The maximum absolute atomic E-state index is 13.1. The van der Waals surface area contributed by atoms with E-state index in [0.717, 1.165) is 68.7 Å². The van der Waals surface area contributed by atoms with Gasteiger partial charge in [0.15, 0.2) is 0 Å². The van der Waals surface area contributed by atoms with E-state index in [9.17, 15) is 9.59 Å². The Labute approximate surface area is 154 Å². The summed E-state index contributed by atoms with van der Waals surface area (Å²) in [6.45, 7) is 2.28. The molecule has 134 valence electrons. The number of carbonyl (C=O) groups excluding carboxylic acids is 2. The number of carbonyl (C=O) groups is 2. The summed E-state index contributed by atoms with van der Waals surface area (Å²) >= 11 is 6.37. The lowest BCUT2D eigenvalue weighted by molar-refractivity contribution is -0.142. The second kappa shape index (κ2) is 6.99. The Morgan fingerprint density at radius 3 is 2.24 bits per heavy atom. The van der Waals surface area contributed by atoms with Crippen molar-refractivity contribution >= 4 is 23.4 Å². The van der Waals surface area contributed by atoms with Gasteiger partial charge in [0.1, 0.15) is 0 Å². The van der Waals surface area contributed by atoms with E-state index >= 15 is 0 Å². The standard InChI is InChI=1S/C20H25ClN2O2/c21-17-5-2-1-4-16(17)18-6-3-11-23(18)20(25)15-9-12-22(13-10-15)19(24)14-7-8-14/h1-2,4-5,14-15,18H,3,6-13H2. The molecule has 3 fully saturated rings. The first kappa shape index (κ1) is 16.9. The van der Waals surface area contributed by atoms with Gasteiger partial charge in [-0.25, -0.2) is 0 Å². The minimum absolute atomic E-state index is 0.0475. The summed E-state index contributed by atoms with van der Waals surface area (Å²) in [6.07, 6.45) is 5.69. The van der Waals surface area contributed by atoms with E-state index in [0.29, 0.717) is 5.91 Å². The summed E-state index contributed by atoms with van der Waals surface area (Å²) in [5.74, 6) is 0.878. The number of rotatable bonds is 3. The van der Waals surface area contributed by atoms with Crippen LogP contribution in [0.15, 0.2) is 24.3 Å². The molecule has 0 N–H and O–H groups in total. The molecule has 0 aromatic heterocycles. The number of nitrogens with zero attached hydrogens (tertiary/aromatic N) is 2. The predicted octanol–water partition coefficient (Wildman–Crippen LogP) is 3.65. The molecule has 2 heterocycles. The van der Waals surface area contributed by atoms with Crippen LogP contribution in [0, 0.1) is 11.8 Å². The van der Waals surface area contributed by atoms with Crippen LogP contribution in [0.5, 0.6) is 0 Å². The minimum atomic E-state index is 0.0475. The van der Waals surface area contributed by atoms with Crippen molar-refractivity contribution in [1.82, 2.24) is 9.80 Å². The summed E-state index contributed by atoms with van der Waals surface area (Å²) < 4.78 is 0. The zero-order valence-electron chi connectivity index (χ0n) is 14.5. The quantitative estimate of drug-likeness (QED) is 0.825. The molecule has 1 unspecified atom stereocenters. The van der Waals surface area contributed by atoms with Crippen molar-refractivity contribution in [3.05, 3.63) is 34.9 Å². The van der Waals surface area contributed by atoms with Crippen LogP contribution in [0.4, 0.5) is 0 Å². The number of hydrogen-bond donors (Lipinski definition) is 0. The molecule has 0 spiro atoms. The highest BCUT2D eigenvalue weighted by Gasteiger charge is 2.39. The molecule has 5 heteroatoms. The average Bonchev–Trinajstić information content (AvgIpc) is 3.38. The molecule has 3 aliphatic rings. The van der Waals surface area contributed by atoms with Gasteiger partial charge in [0.25, 0.3) is 0 Å². The van der Waals surface area contributed by atoms with E-state index in [-0.39, 0.29) is 23.8 Å². The highest BCUT2D eigenvalue weighted by atomic mass is 35.5. The SMILES string of the molecule is O=C(C1CC1)N1CCC(C(=O)N2CCCC2c2ccccc2Cl)CC1. The Kier molecular flexibility index (Phi) is 4.72. The topological polar surface area (TPSA) is 40.6 Å². The van der Waals surface area contributed by atoms with Gasteiger partial charge in [-0.05, 0) is 50.2 Å². The van der Waals surface area contributed by atoms with Crippen LogP contribution in [-0.4, -0.2) is 41.2 Å². The fourth-order valence-corrected chi connectivity index (χ4v) is 4.53. The summed E-state index contributed by atoms with van der Waals surface area (Å²) in [5, 5.41) is 0.747. The molecule has 0 bridgehead atoms. The molecular formula is C20H25ClN2O2. The van der Waals surface area contributed by atoms with Gasteiger partial charge in [0.05, 0.1) is 6.04 Å². The first-order chi connectivity index (χ1) is 12.1.